The van der Waals surface area contributed by atoms with Gasteiger partial charge in [-0.15, -0.1) is 13.9 Å². The van der Waals surface area contributed by atoms with Gasteiger partial charge in [0.05, 0.1) is 0 Å². The summed E-state index contributed by atoms with van der Waals surface area (Å²) >= 11 is 0. The van der Waals surface area contributed by atoms with Crippen molar-refractivity contribution < 1.29 is 0 Å². The second-order valence-electron chi connectivity index (χ2n) is 4.22. The molecular weight excluding hydrogens is 201 g/mol. The van der Waals surface area contributed by atoms with Crippen LogP contribution in [0, 0.1) is 0 Å². The van der Waals surface area contributed by atoms with Gasteiger partial charge < -0.3 is 0 Å². The van der Waals surface area contributed by atoms with Crippen molar-refractivity contribution in [2.45, 2.75) is 58.3 Å². The van der Waals surface area contributed by atoms with Crippen molar-refractivity contribution in [1.82, 2.24) is 5.73 Å². The second-order valence-corrected chi connectivity index (χ2v) is 5.32. The third-order valence-electron chi connectivity index (χ3n) is 2.86. The zero-order valence-electron chi connectivity index (χ0n) is 9.76. The molecule has 0 saturated carbocycles. The van der Waals surface area contributed by atoms with Crippen LogP contribution in [0.1, 0.15) is 57.4 Å². The average Bonchev–Trinajstić information content (AvgIpc) is 2.63. The van der Waals surface area contributed by atoms with Gasteiger partial charge in [-0.25, -0.2) is 0 Å². The molecule has 84 valence electrons. The summed E-state index contributed by atoms with van der Waals surface area (Å²) in [5.74, 6) is 2.08. The van der Waals surface area contributed by atoms with Gasteiger partial charge in [0.25, 0.3) is 0 Å². The van der Waals surface area contributed by atoms with Gasteiger partial charge in [0.1, 0.15) is 5.42 Å². The maximum atomic E-state index is 9.49. The molecule has 2 heteroatoms. The van der Waals surface area contributed by atoms with Gasteiger partial charge >= 0.3 is 0 Å². The summed E-state index contributed by atoms with van der Waals surface area (Å²) < 4.78 is 0. The van der Waals surface area contributed by atoms with E-state index in [0.29, 0.717) is 13.6 Å². The third-order valence-corrected chi connectivity index (χ3v) is 3.79. The molecule has 0 fully saturated rings. The van der Waals surface area contributed by atoms with E-state index in [1.165, 1.54) is 50.5 Å². The highest BCUT2D eigenvalue weighted by atomic mass is 31.0. The minimum Gasteiger partial charge on any atom is -0.146 e. The Morgan fingerprint density at radius 3 is 2.33 bits per heavy atom. The van der Waals surface area contributed by atoms with E-state index in [0.717, 1.165) is 6.42 Å². The molecule has 0 bridgehead atoms. The third kappa shape index (κ3) is 5.28. The van der Waals surface area contributed by atoms with Gasteiger partial charge in [-0.2, -0.15) is 0 Å². The predicted molar refractivity (Wildman–Crippen MR) is 69.4 cm³/mol. The smallest absolute Gasteiger partial charge is 0.104 e. The molecule has 1 rings (SSSR count). The molecule has 0 aliphatic carbocycles. The average molecular weight is 223 g/mol. The van der Waals surface area contributed by atoms with Crippen LogP contribution in [0.15, 0.2) is 11.9 Å². The molecule has 0 saturated heterocycles. The van der Waals surface area contributed by atoms with Crippen molar-refractivity contribution >= 4 is 13.6 Å². The van der Waals surface area contributed by atoms with Gasteiger partial charge in [-0.3, -0.25) is 0 Å². The zero-order chi connectivity index (χ0) is 10.9. The first-order chi connectivity index (χ1) is 7.34. The lowest BCUT2D eigenvalue weighted by Gasteiger charge is -2.00. The Hall–Kier alpha value is -0.420. The van der Waals surface area contributed by atoms with E-state index >= 15 is 0 Å². The number of hydrogen-bond acceptors (Lipinski definition) is 0. The van der Waals surface area contributed by atoms with Crippen LogP contribution in [0.5, 0.6) is 0 Å². The summed E-state index contributed by atoms with van der Waals surface area (Å²) in [6.07, 6.45) is 10.5. The fourth-order valence-electron chi connectivity index (χ4n) is 1.87. The fraction of sp³-hybridized carbons (Fsp3) is 0.692. The summed E-state index contributed by atoms with van der Waals surface area (Å²) in [5, 5.41) is 0. The number of rotatable bonds is 8. The molecule has 15 heavy (non-hydrogen) atoms. The van der Waals surface area contributed by atoms with E-state index in [1.54, 1.807) is 0 Å². The summed E-state index contributed by atoms with van der Waals surface area (Å²) in [7, 11) is 0.529. The molecule has 1 aromatic heterocycles. The van der Waals surface area contributed by atoms with Crippen LogP contribution in [0.3, 0.4) is 0 Å². The largest absolute Gasteiger partial charge is 0.146 e. The molecular formula is C13H22NP. The maximum Gasteiger partial charge on any atom is 0.104 e. The summed E-state index contributed by atoms with van der Waals surface area (Å²) in [6.45, 7) is 2.25. The van der Waals surface area contributed by atoms with Crippen LogP contribution in [-0.4, -0.2) is 0 Å². The number of aryl methyl sites for hydroxylation is 1. The highest BCUT2D eigenvalue weighted by Gasteiger charge is 2.00. The van der Waals surface area contributed by atoms with Gasteiger partial charge in [0, 0.05) is 0 Å². The van der Waals surface area contributed by atoms with Gasteiger partial charge in [-0.1, -0.05) is 51.5 Å². The van der Waals surface area contributed by atoms with E-state index in [9.17, 15) is 5.73 Å². The Labute approximate surface area is 95.5 Å². The van der Waals surface area contributed by atoms with Crippen LogP contribution in [0.25, 0.3) is 0 Å². The zero-order valence-corrected chi connectivity index (χ0v) is 10.8. The van der Waals surface area contributed by atoms with Crippen molar-refractivity contribution in [2.24, 2.45) is 0 Å². The van der Waals surface area contributed by atoms with E-state index in [2.05, 4.69) is 18.8 Å². The fourth-order valence-corrected chi connectivity index (χ4v) is 2.70. The first-order valence-corrected chi connectivity index (χ1v) is 7.27. The molecule has 1 aromatic rings. The standard InChI is InChI=1S/C13H22NP/c1-2-3-4-5-6-7-8-9-12-10-11-15-13(12)14/h10-11,15H,2-9H2,1H3. The van der Waals surface area contributed by atoms with Crippen molar-refractivity contribution in [3.05, 3.63) is 17.4 Å². The Morgan fingerprint density at radius 1 is 1.07 bits per heavy atom. The molecule has 0 aromatic carbocycles. The molecule has 0 amide bonds. The Kier molecular flexibility index (Phi) is 6.59. The van der Waals surface area contributed by atoms with Crippen molar-refractivity contribution in [3.63, 3.8) is 0 Å². The highest BCUT2D eigenvalue weighted by Crippen LogP contribution is 2.27. The molecule has 0 spiro atoms. The van der Waals surface area contributed by atoms with Crippen LogP contribution in [-0.2, 0) is 6.42 Å². The Balaban J connectivity index is 1.96. The lowest BCUT2D eigenvalue weighted by Crippen LogP contribution is -1.85. The minimum absolute atomic E-state index is 0.529. The molecule has 1 unspecified atom stereocenters. The van der Waals surface area contributed by atoms with Gasteiger partial charge in [0.15, 0.2) is 0 Å². The number of hydrogen-bond donors (Lipinski definition) is 0. The second kappa shape index (κ2) is 7.82. The topological polar surface area (TPSA) is 22.3 Å². The summed E-state index contributed by atoms with van der Waals surface area (Å²) in [6, 6.07) is 2.09. The molecule has 1 atom stereocenters. The predicted octanol–water partition coefficient (Wildman–Crippen LogP) is 4.71. The quantitative estimate of drug-likeness (QED) is 0.569. The van der Waals surface area contributed by atoms with Crippen molar-refractivity contribution in [3.8, 4) is 0 Å². The van der Waals surface area contributed by atoms with E-state index in [1.807, 2.05) is 0 Å². The van der Waals surface area contributed by atoms with E-state index in [4.69, 9.17) is 0 Å². The van der Waals surface area contributed by atoms with Crippen LogP contribution >= 0.6 is 8.19 Å². The van der Waals surface area contributed by atoms with Gasteiger partial charge in [0.2, 0.25) is 0 Å². The van der Waals surface area contributed by atoms with E-state index < -0.39 is 0 Å². The van der Waals surface area contributed by atoms with Crippen molar-refractivity contribution in [2.75, 3.05) is 0 Å². The normalized spacial score (nSPS) is 11.3. The van der Waals surface area contributed by atoms with Crippen LogP contribution in [0.2, 0.25) is 0 Å². The molecule has 1 heterocycles. The molecule has 0 aliphatic heterocycles. The Morgan fingerprint density at radius 2 is 1.73 bits per heavy atom. The summed E-state index contributed by atoms with van der Waals surface area (Å²) in [5.41, 5.74) is 11.3. The number of nitrogens with zero attached hydrogens (tertiary/aromatic N) is 1. The first-order valence-electron chi connectivity index (χ1n) is 6.19. The molecule has 0 aliphatic rings. The van der Waals surface area contributed by atoms with Crippen molar-refractivity contribution in [1.29, 1.82) is 0 Å². The first kappa shape index (κ1) is 12.6. The van der Waals surface area contributed by atoms with Crippen LogP contribution < -0.4 is 5.73 Å². The summed E-state index contributed by atoms with van der Waals surface area (Å²) in [4.78, 5) is 0. The monoisotopic (exact) mass is 223 g/mol. The molecule has 1 nitrogen and oxygen atoms in total. The SMILES string of the molecule is CCCCCCCCCc1cc[pH]c1[N]. The lowest BCUT2D eigenvalue weighted by molar-refractivity contribution is 0.589. The van der Waals surface area contributed by atoms with Crippen LogP contribution in [0.4, 0.5) is 5.42 Å². The number of unbranched alkanes of at least 4 members (excludes halogenated alkanes) is 6. The minimum atomic E-state index is 0.529. The molecule has 2 radical (unpaired) electrons. The molecule has 0 N–H and O–H groups in total. The highest BCUT2D eigenvalue weighted by molar-refractivity contribution is 7.33. The Bertz CT molecular complexity index is 255. The maximum absolute atomic E-state index is 9.49. The lowest BCUT2D eigenvalue weighted by atomic mass is 10.1. The van der Waals surface area contributed by atoms with Gasteiger partial charge in [-0.05, 0) is 24.2 Å². The van der Waals surface area contributed by atoms with E-state index in [-0.39, 0.29) is 0 Å².